The molecule has 0 saturated carbocycles. The van der Waals surface area contributed by atoms with Crippen molar-refractivity contribution in [1.29, 1.82) is 0 Å². The van der Waals surface area contributed by atoms with Crippen molar-refractivity contribution in [2.75, 3.05) is 13.2 Å². The third kappa shape index (κ3) is 18.7. The molecule has 0 heterocycles. The Bertz CT molecular complexity index is 67.2. The molecule has 0 aromatic heterocycles. The van der Waals surface area contributed by atoms with Gasteiger partial charge in [-0.3, -0.25) is 0 Å². The molecule has 0 bridgehead atoms. The second-order valence-electron chi connectivity index (χ2n) is 3.98. The van der Waals surface area contributed by atoms with E-state index in [4.69, 9.17) is 4.74 Å². The first kappa shape index (κ1) is 15.4. The van der Waals surface area contributed by atoms with Gasteiger partial charge < -0.3 is 4.74 Å². The summed E-state index contributed by atoms with van der Waals surface area (Å²) in [7, 11) is 0. The van der Waals surface area contributed by atoms with Gasteiger partial charge in [0.25, 0.3) is 0 Å². The number of ether oxygens (including phenoxy) is 1. The van der Waals surface area contributed by atoms with Crippen LogP contribution in [0.3, 0.4) is 0 Å². The molecule has 1 nitrogen and oxygen atoms in total. The Kier molecular flexibility index (Phi) is 14.2. The highest BCUT2D eigenvalue weighted by molar-refractivity contribution is 4.45. The van der Waals surface area contributed by atoms with Crippen LogP contribution in [0.1, 0.15) is 54.4 Å². The smallest absolute Gasteiger partial charge is 0.0468 e. The van der Waals surface area contributed by atoms with Gasteiger partial charge >= 0.3 is 0 Å². The Morgan fingerprint density at radius 2 is 1.08 bits per heavy atom. The third-order valence-electron chi connectivity index (χ3n) is 1.68. The Morgan fingerprint density at radius 3 is 1.31 bits per heavy atom. The molecule has 0 N–H and O–H groups in total. The minimum Gasteiger partial charge on any atom is -0.381 e. The fourth-order valence-electron chi connectivity index (χ4n) is 0.740. The summed E-state index contributed by atoms with van der Waals surface area (Å²) in [6.45, 7) is 14.8. The maximum Gasteiger partial charge on any atom is 0.0468 e. The van der Waals surface area contributed by atoms with Gasteiger partial charge in [0.15, 0.2) is 0 Å². The highest BCUT2D eigenvalue weighted by Crippen LogP contribution is 2.02. The van der Waals surface area contributed by atoms with Gasteiger partial charge in [-0.2, -0.15) is 0 Å². The molecular weight excluding hydrogens is 160 g/mol. The largest absolute Gasteiger partial charge is 0.381 e. The number of hydrogen-bond donors (Lipinski definition) is 0. The Hall–Kier alpha value is -0.0400. The second kappa shape index (κ2) is 12.0. The SMILES string of the molecule is CC.CC(C)CCOCCC(C)C. The monoisotopic (exact) mass is 188 g/mol. The molecule has 0 radical (unpaired) electrons. The minimum absolute atomic E-state index is 0.772. The van der Waals surface area contributed by atoms with Crippen LogP contribution in [0.25, 0.3) is 0 Å². The lowest BCUT2D eigenvalue weighted by molar-refractivity contribution is 0.114. The van der Waals surface area contributed by atoms with Crippen molar-refractivity contribution < 1.29 is 4.74 Å². The topological polar surface area (TPSA) is 9.23 Å². The standard InChI is InChI=1S/C10H22O.C2H6/c1-9(2)5-7-11-8-6-10(3)4;1-2/h9-10H,5-8H2,1-4H3;1-2H3. The van der Waals surface area contributed by atoms with Crippen LogP contribution in [-0.2, 0) is 4.74 Å². The summed E-state index contributed by atoms with van der Waals surface area (Å²) in [6, 6.07) is 0. The van der Waals surface area contributed by atoms with Crippen molar-refractivity contribution in [3.63, 3.8) is 0 Å². The zero-order chi connectivity index (χ0) is 10.7. The zero-order valence-electron chi connectivity index (χ0n) is 10.4. The van der Waals surface area contributed by atoms with E-state index in [0.29, 0.717) is 0 Å². The van der Waals surface area contributed by atoms with Crippen LogP contribution in [0.5, 0.6) is 0 Å². The van der Waals surface area contributed by atoms with Crippen LogP contribution in [0.15, 0.2) is 0 Å². The molecule has 0 saturated heterocycles. The van der Waals surface area contributed by atoms with E-state index in [9.17, 15) is 0 Å². The molecule has 0 spiro atoms. The number of hydrogen-bond acceptors (Lipinski definition) is 1. The van der Waals surface area contributed by atoms with E-state index < -0.39 is 0 Å². The van der Waals surface area contributed by atoms with Crippen molar-refractivity contribution in [3.05, 3.63) is 0 Å². The lowest BCUT2D eigenvalue weighted by Gasteiger charge is -2.07. The van der Waals surface area contributed by atoms with E-state index in [1.54, 1.807) is 0 Å². The molecule has 0 aliphatic heterocycles. The molecular formula is C12H28O. The molecule has 1 heteroatoms. The van der Waals surface area contributed by atoms with Crippen molar-refractivity contribution in [3.8, 4) is 0 Å². The summed E-state index contributed by atoms with van der Waals surface area (Å²) in [5.74, 6) is 1.54. The van der Waals surface area contributed by atoms with Gasteiger partial charge in [0.05, 0.1) is 0 Å². The van der Waals surface area contributed by atoms with E-state index >= 15 is 0 Å². The molecule has 0 aliphatic carbocycles. The highest BCUT2D eigenvalue weighted by Gasteiger charge is 1.95. The van der Waals surface area contributed by atoms with E-state index in [2.05, 4.69) is 27.7 Å². The Labute approximate surface area is 84.9 Å². The lowest BCUT2D eigenvalue weighted by atomic mass is 10.1. The van der Waals surface area contributed by atoms with Crippen LogP contribution in [0.2, 0.25) is 0 Å². The molecule has 0 unspecified atom stereocenters. The fraction of sp³-hybridized carbons (Fsp3) is 1.00. The van der Waals surface area contributed by atoms with Crippen molar-refractivity contribution in [2.45, 2.75) is 54.4 Å². The summed E-state index contributed by atoms with van der Waals surface area (Å²) in [4.78, 5) is 0. The van der Waals surface area contributed by atoms with Crippen molar-refractivity contribution >= 4 is 0 Å². The molecule has 82 valence electrons. The average Bonchev–Trinajstić information content (AvgIpc) is 2.06. The van der Waals surface area contributed by atoms with Crippen LogP contribution < -0.4 is 0 Å². The average molecular weight is 188 g/mol. The first-order valence-electron chi connectivity index (χ1n) is 5.70. The van der Waals surface area contributed by atoms with Crippen LogP contribution in [0, 0.1) is 11.8 Å². The van der Waals surface area contributed by atoms with E-state index in [0.717, 1.165) is 25.0 Å². The van der Waals surface area contributed by atoms with Gasteiger partial charge in [-0.25, -0.2) is 0 Å². The fourth-order valence-corrected chi connectivity index (χ4v) is 0.740. The predicted octanol–water partition coefficient (Wildman–Crippen LogP) is 4.12. The summed E-state index contributed by atoms with van der Waals surface area (Å²) >= 11 is 0. The summed E-state index contributed by atoms with van der Waals surface area (Å²) in [5, 5.41) is 0. The maximum atomic E-state index is 5.46. The van der Waals surface area contributed by atoms with Crippen LogP contribution >= 0.6 is 0 Å². The zero-order valence-corrected chi connectivity index (χ0v) is 10.4. The van der Waals surface area contributed by atoms with Gasteiger partial charge in [0, 0.05) is 13.2 Å². The quantitative estimate of drug-likeness (QED) is 0.570. The first-order valence-corrected chi connectivity index (χ1v) is 5.70. The van der Waals surface area contributed by atoms with Crippen molar-refractivity contribution in [2.24, 2.45) is 11.8 Å². The highest BCUT2D eigenvalue weighted by atomic mass is 16.5. The molecule has 0 aliphatic rings. The molecule has 0 rings (SSSR count). The molecule has 0 fully saturated rings. The van der Waals surface area contributed by atoms with Gasteiger partial charge in [-0.05, 0) is 24.7 Å². The first-order chi connectivity index (χ1) is 6.13. The lowest BCUT2D eigenvalue weighted by Crippen LogP contribution is -2.02. The second-order valence-corrected chi connectivity index (χ2v) is 3.98. The van der Waals surface area contributed by atoms with E-state index in [1.165, 1.54) is 12.8 Å². The Morgan fingerprint density at radius 1 is 0.769 bits per heavy atom. The molecule has 13 heavy (non-hydrogen) atoms. The number of rotatable bonds is 6. The normalized spacial score (nSPS) is 10.2. The van der Waals surface area contributed by atoms with Gasteiger partial charge in [0.1, 0.15) is 0 Å². The van der Waals surface area contributed by atoms with Crippen molar-refractivity contribution in [1.82, 2.24) is 0 Å². The van der Waals surface area contributed by atoms with Gasteiger partial charge in [-0.1, -0.05) is 41.5 Å². The summed E-state index contributed by atoms with van der Waals surface area (Å²) < 4.78 is 5.46. The predicted molar refractivity (Wildman–Crippen MR) is 61.1 cm³/mol. The Balaban J connectivity index is 0. The minimum atomic E-state index is 0.772. The molecule has 0 amide bonds. The summed E-state index contributed by atoms with van der Waals surface area (Å²) in [6.07, 6.45) is 2.39. The summed E-state index contributed by atoms with van der Waals surface area (Å²) in [5.41, 5.74) is 0. The molecule has 0 aromatic rings. The van der Waals surface area contributed by atoms with Gasteiger partial charge in [-0.15, -0.1) is 0 Å². The molecule has 0 atom stereocenters. The third-order valence-corrected chi connectivity index (χ3v) is 1.68. The molecule has 0 aromatic carbocycles. The van der Waals surface area contributed by atoms with Gasteiger partial charge in [0.2, 0.25) is 0 Å². The van der Waals surface area contributed by atoms with Crippen LogP contribution in [0.4, 0.5) is 0 Å². The maximum absolute atomic E-state index is 5.46. The van der Waals surface area contributed by atoms with E-state index in [-0.39, 0.29) is 0 Å². The van der Waals surface area contributed by atoms with Crippen LogP contribution in [-0.4, -0.2) is 13.2 Å². The van der Waals surface area contributed by atoms with E-state index in [1.807, 2.05) is 13.8 Å².